The van der Waals surface area contributed by atoms with Gasteiger partial charge >= 0.3 is 6.36 Å². The molecule has 2 aromatic rings. The molecule has 1 fully saturated rings. The van der Waals surface area contributed by atoms with Gasteiger partial charge in [0.05, 0.1) is 23.7 Å². The zero-order valence-electron chi connectivity index (χ0n) is 16.4. The van der Waals surface area contributed by atoms with Gasteiger partial charge in [0.1, 0.15) is 40.0 Å². The number of benzene rings is 2. The molecule has 0 bridgehead atoms. The van der Waals surface area contributed by atoms with Gasteiger partial charge in [-0.15, -0.1) is 13.2 Å². The van der Waals surface area contributed by atoms with Crippen molar-refractivity contribution in [2.75, 3.05) is 19.7 Å². The van der Waals surface area contributed by atoms with Crippen molar-refractivity contribution in [3.05, 3.63) is 52.8 Å². The maximum atomic E-state index is 13.9. The zero-order chi connectivity index (χ0) is 24.6. The van der Waals surface area contributed by atoms with Crippen molar-refractivity contribution in [3.8, 4) is 17.6 Å². The molecule has 1 unspecified atom stereocenters. The van der Waals surface area contributed by atoms with Crippen molar-refractivity contribution < 1.29 is 45.7 Å². The number of aliphatic hydroxyl groups is 2. The minimum Gasteiger partial charge on any atom is -0.486 e. The topological polar surface area (TPSA) is 120 Å². The van der Waals surface area contributed by atoms with E-state index in [1.165, 1.54) is 6.07 Å². The molecular formula is C19H15ClF4N2O6S. The molecular weight excluding hydrogens is 496 g/mol. The molecule has 178 valence electrons. The third-order valence-corrected chi connectivity index (χ3v) is 7.08. The van der Waals surface area contributed by atoms with Crippen LogP contribution in [-0.4, -0.2) is 60.7 Å². The van der Waals surface area contributed by atoms with Crippen LogP contribution < -0.4 is 9.47 Å². The first-order valence-corrected chi connectivity index (χ1v) is 10.9. The molecule has 2 N–H and O–H groups in total. The summed E-state index contributed by atoms with van der Waals surface area (Å²) in [6.07, 6.45) is -6.36. The number of sulfonamides is 1. The van der Waals surface area contributed by atoms with Gasteiger partial charge in [-0.25, -0.2) is 12.8 Å². The summed E-state index contributed by atoms with van der Waals surface area (Å²) in [5, 5.41) is 28.6. The van der Waals surface area contributed by atoms with Gasteiger partial charge in [-0.05, 0) is 24.3 Å². The summed E-state index contributed by atoms with van der Waals surface area (Å²) in [7, 11) is -4.46. The number of halogens is 5. The van der Waals surface area contributed by atoms with Crippen molar-refractivity contribution >= 4 is 21.6 Å². The first-order chi connectivity index (χ1) is 15.3. The maximum absolute atomic E-state index is 13.9. The van der Waals surface area contributed by atoms with Gasteiger partial charge in [0.25, 0.3) is 0 Å². The minimum absolute atomic E-state index is 0.130. The summed E-state index contributed by atoms with van der Waals surface area (Å²) < 4.78 is 86.9. The van der Waals surface area contributed by atoms with Crippen molar-refractivity contribution in [2.24, 2.45) is 0 Å². The molecule has 0 radical (unpaired) electrons. The van der Waals surface area contributed by atoms with Gasteiger partial charge in [-0.1, -0.05) is 11.6 Å². The van der Waals surface area contributed by atoms with Crippen LogP contribution >= 0.6 is 11.6 Å². The molecule has 0 amide bonds. The van der Waals surface area contributed by atoms with Gasteiger partial charge in [0.2, 0.25) is 10.0 Å². The predicted molar refractivity (Wildman–Crippen MR) is 104 cm³/mol. The molecule has 0 spiro atoms. The van der Waals surface area contributed by atoms with E-state index in [-0.39, 0.29) is 11.3 Å². The lowest BCUT2D eigenvalue weighted by atomic mass is 10.0. The van der Waals surface area contributed by atoms with E-state index < -0.39 is 69.3 Å². The summed E-state index contributed by atoms with van der Waals surface area (Å²) in [6.45, 7) is -2.07. The quantitative estimate of drug-likeness (QED) is 0.573. The third kappa shape index (κ3) is 5.31. The highest BCUT2D eigenvalue weighted by Crippen LogP contribution is 2.35. The van der Waals surface area contributed by atoms with Gasteiger partial charge in [0.15, 0.2) is 0 Å². The Hall–Kier alpha value is -2.63. The number of nitrogens with zero attached hydrogens (tertiary/aromatic N) is 2. The summed E-state index contributed by atoms with van der Waals surface area (Å²) in [4.78, 5) is -0.566. The predicted octanol–water partition coefficient (Wildman–Crippen LogP) is 2.42. The number of hydrogen-bond acceptors (Lipinski definition) is 7. The van der Waals surface area contributed by atoms with Gasteiger partial charge in [0, 0.05) is 18.7 Å². The van der Waals surface area contributed by atoms with Crippen LogP contribution in [0.5, 0.6) is 11.5 Å². The van der Waals surface area contributed by atoms with Crippen LogP contribution in [0.3, 0.4) is 0 Å². The van der Waals surface area contributed by atoms with E-state index in [1.54, 1.807) is 6.07 Å². The monoisotopic (exact) mass is 510 g/mol. The molecule has 0 aromatic heterocycles. The van der Waals surface area contributed by atoms with Crippen molar-refractivity contribution in [3.63, 3.8) is 0 Å². The highest BCUT2D eigenvalue weighted by atomic mass is 35.5. The number of β-amino-alcohol motifs (C(OH)–C–C–N with tert-alkyl or cyclic N) is 1. The van der Waals surface area contributed by atoms with Crippen molar-refractivity contribution in [1.82, 2.24) is 4.31 Å². The molecule has 3 rings (SSSR count). The Morgan fingerprint density at radius 3 is 2.45 bits per heavy atom. The van der Waals surface area contributed by atoms with Crippen LogP contribution in [0.15, 0.2) is 41.3 Å². The van der Waals surface area contributed by atoms with Crippen LogP contribution in [0.2, 0.25) is 5.02 Å². The van der Waals surface area contributed by atoms with Crippen LogP contribution in [-0.2, 0) is 10.0 Å². The number of aliphatic hydroxyl groups excluding tert-OH is 1. The zero-order valence-corrected chi connectivity index (χ0v) is 18.0. The van der Waals surface area contributed by atoms with E-state index in [2.05, 4.69) is 4.74 Å². The lowest BCUT2D eigenvalue weighted by molar-refractivity contribution is -0.274. The minimum atomic E-state index is -5.01. The van der Waals surface area contributed by atoms with Crippen molar-refractivity contribution in [1.29, 1.82) is 5.26 Å². The summed E-state index contributed by atoms with van der Waals surface area (Å²) in [5.41, 5.74) is -2.36. The molecule has 1 saturated heterocycles. The molecule has 33 heavy (non-hydrogen) atoms. The fourth-order valence-corrected chi connectivity index (χ4v) is 5.17. The molecule has 14 heteroatoms. The van der Waals surface area contributed by atoms with Crippen molar-refractivity contribution in [2.45, 2.75) is 23.0 Å². The Bertz CT molecular complexity index is 1200. The molecule has 1 aliphatic rings. The average molecular weight is 511 g/mol. The smallest absolute Gasteiger partial charge is 0.486 e. The Morgan fingerprint density at radius 2 is 1.91 bits per heavy atom. The molecule has 1 heterocycles. The summed E-state index contributed by atoms with van der Waals surface area (Å²) in [6, 6.07) is 7.07. The fraction of sp³-hybridized carbons (Fsp3) is 0.316. The van der Waals surface area contributed by atoms with Gasteiger partial charge < -0.3 is 19.7 Å². The number of ether oxygens (including phenoxy) is 2. The molecule has 0 saturated carbocycles. The SMILES string of the molecule is N#Cc1ccc(OC2CN(S(=O)(=O)c3ccc(OC(F)(F)F)cc3Cl)C[C@@]2(O)CO)cc1F. The third-order valence-electron chi connectivity index (χ3n) is 4.79. The first kappa shape index (κ1) is 25.0. The Labute approximate surface area is 190 Å². The molecule has 2 aromatic carbocycles. The largest absolute Gasteiger partial charge is 0.573 e. The molecule has 0 aliphatic carbocycles. The maximum Gasteiger partial charge on any atom is 0.573 e. The molecule has 8 nitrogen and oxygen atoms in total. The highest BCUT2D eigenvalue weighted by Gasteiger charge is 2.51. The lowest BCUT2D eigenvalue weighted by Crippen LogP contribution is -2.48. The average Bonchev–Trinajstić information content (AvgIpc) is 3.04. The molecule has 2 atom stereocenters. The van der Waals surface area contributed by atoms with Crippen LogP contribution in [0.25, 0.3) is 0 Å². The second-order valence-corrected chi connectivity index (χ2v) is 9.37. The van der Waals surface area contributed by atoms with Crippen LogP contribution in [0.1, 0.15) is 5.56 Å². The number of nitriles is 1. The lowest BCUT2D eigenvalue weighted by Gasteiger charge is -2.27. The van der Waals surface area contributed by atoms with E-state index in [0.29, 0.717) is 6.07 Å². The number of alkyl halides is 3. The van der Waals surface area contributed by atoms with E-state index in [4.69, 9.17) is 21.6 Å². The van der Waals surface area contributed by atoms with Crippen LogP contribution in [0.4, 0.5) is 17.6 Å². The number of hydrogen-bond donors (Lipinski definition) is 2. The van der Waals surface area contributed by atoms with Crippen LogP contribution in [0, 0.1) is 17.1 Å². The summed E-state index contributed by atoms with van der Waals surface area (Å²) in [5.74, 6) is -1.77. The summed E-state index contributed by atoms with van der Waals surface area (Å²) >= 11 is 5.87. The molecule has 1 aliphatic heterocycles. The second-order valence-electron chi connectivity index (χ2n) is 7.06. The highest BCUT2D eigenvalue weighted by molar-refractivity contribution is 7.89. The second kappa shape index (κ2) is 8.96. The standard InChI is InChI=1S/C19H15ClF4N2O6S/c20-14-5-13(32-19(22,23)24)3-4-16(14)33(29,30)26-8-17(18(28,9-26)10-27)31-12-2-1-11(7-25)15(21)6-12/h1-6,17,27-28H,8-10H2/t17?,18-/m1/s1. The van der Waals surface area contributed by atoms with Gasteiger partial charge in [-0.2, -0.15) is 9.57 Å². The Balaban J connectivity index is 1.86. The first-order valence-electron chi connectivity index (χ1n) is 9.04. The fourth-order valence-electron chi connectivity index (χ4n) is 3.16. The Kier molecular flexibility index (Phi) is 6.79. The Morgan fingerprint density at radius 1 is 1.24 bits per heavy atom. The number of rotatable bonds is 6. The van der Waals surface area contributed by atoms with E-state index in [0.717, 1.165) is 28.6 Å². The van der Waals surface area contributed by atoms with Gasteiger partial charge in [-0.3, -0.25) is 0 Å². The van der Waals surface area contributed by atoms with E-state index in [1.807, 2.05) is 0 Å². The van der Waals surface area contributed by atoms with E-state index in [9.17, 15) is 36.2 Å². The normalized spacial score (nSPS) is 21.6. The van der Waals surface area contributed by atoms with E-state index >= 15 is 0 Å².